The first-order valence-electron chi connectivity index (χ1n) is 7.95. The summed E-state index contributed by atoms with van der Waals surface area (Å²) in [7, 11) is 0. The Kier molecular flexibility index (Phi) is 5.04. The van der Waals surface area contributed by atoms with E-state index in [0.29, 0.717) is 6.54 Å². The number of carbonyl (C=O) groups is 2. The molecule has 1 N–H and O–H groups in total. The summed E-state index contributed by atoms with van der Waals surface area (Å²) < 4.78 is 13.9. The SMILES string of the molecule is O=C(O)[C@@H]1CN(C(=O)Cc2c(F)cccc2Cl)C[C@@H]1c1ccccc1. The monoisotopic (exact) mass is 361 g/mol. The topological polar surface area (TPSA) is 57.6 Å². The van der Waals surface area contributed by atoms with Crippen molar-refractivity contribution in [2.75, 3.05) is 13.1 Å². The van der Waals surface area contributed by atoms with Gasteiger partial charge in [-0.15, -0.1) is 0 Å². The maximum absolute atomic E-state index is 13.9. The van der Waals surface area contributed by atoms with E-state index in [4.69, 9.17) is 11.6 Å². The van der Waals surface area contributed by atoms with Crippen molar-refractivity contribution in [2.45, 2.75) is 12.3 Å². The molecule has 1 heterocycles. The molecule has 6 heteroatoms. The molecule has 25 heavy (non-hydrogen) atoms. The summed E-state index contributed by atoms with van der Waals surface area (Å²) >= 11 is 5.98. The fraction of sp³-hybridized carbons (Fsp3) is 0.263. The number of nitrogens with zero attached hydrogens (tertiary/aromatic N) is 1. The third-order valence-corrected chi connectivity index (χ3v) is 4.96. The predicted octanol–water partition coefficient (Wildman–Crippen LogP) is 3.35. The first-order valence-corrected chi connectivity index (χ1v) is 8.33. The Morgan fingerprint density at radius 1 is 1.12 bits per heavy atom. The summed E-state index contributed by atoms with van der Waals surface area (Å²) in [6.45, 7) is 0.408. The maximum atomic E-state index is 13.9. The molecule has 1 aliphatic rings. The van der Waals surface area contributed by atoms with Gasteiger partial charge in [0.15, 0.2) is 0 Å². The number of rotatable bonds is 4. The molecule has 1 fully saturated rings. The number of hydrogen-bond donors (Lipinski definition) is 1. The molecule has 0 spiro atoms. The van der Waals surface area contributed by atoms with Gasteiger partial charge in [0.1, 0.15) is 5.82 Å². The van der Waals surface area contributed by atoms with Gasteiger partial charge >= 0.3 is 5.97 Å². The van der Waals surface area contributed by atoms with Crippen LogP contribution in [0.15, 0.2) is 48.5 Å². The van der Waals surface area contributed by atoms with Gasteiger partial charge in [-0.25, -0.2) is 4.39 Å². The number of likely N-dealkylation sites (tertiary alicyclic amines) is 1. The minimum atomic E-state index is -0.937. The van der Waals surface area contributed by atoms with E-state index in [2.05, 4.69) is 0 Å². The number of amides is 1. The van der Waals surface area contributed by atoms with Gasteiger partial charge in [0.2, 0.25) is 5.91 Å². The van der Waals surface area contributed by atoms with Crippen molar-refractivity contribution in [2.24, 2.45) is 5.92 Å². The van der Waals surface area contributed by atoms with Crippen molar-refractivity contribution < 1.29 is 19.1 Å². The molecule has 1 saturated heterocycles. The van der Waals surface area contributed by atoms with Gasteiger partial charge in [-0.05, 0) is 17.7 Å². The van der Waals surface area contributed by atoms with E-state index in [1.54, 1.807) is 0 Å². The Labute approximate surface area is 149 Å². The number of aliphatic carboxylic acids is 1. The molecular weight excluding hydrogens is 345 g/mol. The van der Waals surface area contributed by atoms with Gasteiger partial charge in [0.05, 0.1) is 12.3 Å². The van der Waals surface area contributed by atoms with E-state index in [-0.39, 0.29) is 35.4 Å². The highest BCUT2D eigenvalue weighted by molar-refractivity contribution is 6.31. The maximum Gasteiger partial charge on any atom is 0.308 e. The number of carbonyl (C=O) groups excluding carboxylic acids is 1. The third-order valence-electron chi connectivity index (χ3n) is 4.61. The number of carboxylic acids is 1. The highest BCUT2D eigenvalue weighted by Crippen LogP contribution is 2.33. The van der Waals surface area contributed by atoms with Crippen molar-refractivity contribution in [1.82, 2.24) is 4.90 Å². The molecular formula is C19H17ClFNO3. The van der Waals surface area contributed by atoms with E-state index in [9.17, 15) is 19.1 Å². The minimum absolute atomic E-state index is 0.111. The van der Waals surface area contributed by atoms with Crippen LogP contribution < -0.4 is 0 Å². The first-order chi connectivity index (χ1) is 12.0. The predicted molar refractivity (Wildman–Crippen MR) is 92.0 cm³/mol. The second kappa shape index (κ2) is 7.23. The molecule has 0 bridgehead atoms. The van der Waals surface area contributed by atoms with E-state index in [0.717, 1.165) is 5.56 Å². The summed E-state index contributed by atoms with van der Waals surface area (Å²) in [4.78, 5) is 25.7. The van der Waals surface area contributed by atoms with Crippen LogP contribution in [0.25, 0.3) is 0 Å². The van der Waals surface area contributed by atoms with Crippen LogP contribution in [0.5, 0.6) is 0 Å². The lowest BCUT2D eigenvalue weighted by atomic mass is 9.89. The van der Waals surface area contributed by atoms with Crippen molar-refractivity contribution in [1.29, 1.82) is 0 Å². The number of hydrogen-bond acceptors (Lipinski definition) is 2. The average molecular weight is 362 g/mol. The standard InChI is InChI=1S/C19H17ClFNO3/c20-16-7-4-8-17(21)13(16)9-18(23)22-10-14(15(11-22)19(24)25)12-5-2-1-3-6-12/h1-8,14-15H,9-11H2,(H,24,25)/t14-,15-/m1/s1. The van der Waals surface area contributed by atoms with E-state index in [1.807, 2.05) is 30.3 Å². The summed E-state index contributed by atoms with van der Waals surface area (Å²) in [5.41, 5.74) is 1.03. The van der Waals surface area contributed by atoms with Crippen LogP contribution in [-0.4, -0.2) is 35.0 Å². The van der Waals surface area contributed by atoms with Gasteiger partial charge in [0, 0.05) is 29.6 Å². The molecule has 0 radical (unpaired) electrons. The summed E-state index contributed by atoms with van der Waals surface area (Å²) in [6, 6.07) is 13.5. The van der Waals surface area contributed by atoms with E-state index >= 15 is 0 Å². The van der Waals surface area contributed by atoms with Crippen LogP contribution >= 0.6 is 11.6 Å². The van der Waals surface area contributed by atoms with Gasteiger partial charge in [-0.2, -0.15) is 0 Å². The zero-order valence-corrected chi connectivity index (χ0v) is 14.1. The van der Waals surface area contributed by atoms with Crippen LogP contribution in [0.2, 0.25) is 5.02 Å². The lowest BCUT2D eigenvalue weighted by Crippen LogP contribution is -2.31. The van der Waals surface area contributed by atoms with Crippen LogP contribution in [-0.2, 0) is 16.0 Å². The fourth-order valence-electron chi connectivity index (χ4n) is 3.26. The molecule has 2 aromatic rings. The molecule has 1 amide bonds. The minimum Gasteiger partial charge on any atom is -0.481 e. The molecule has 0 unspecified atom stereocenters. The molecule has 3 rings (SSSR count). The molecule has 0 aromatic heterocycles. The molecule has 0 aliphatic carbocycles. The highest BCUT2D eigenvalue weighted by Gasteiger charge is 2.40. The Morgan fingerprint density at radius 2 is 1.84 bits per heavy atom. The average Bonchev–Trinajstić information content (AvgIpc) is 3.05. The van der Waals surface area contributed by atoms with Gasteiger partial charge < -0.3 is 10.0 Å². The Balaban J connectivity index is 1.79. The quantitative estimate of drug-likeness (QED) is 0.908. The normalized spacial score (nSPS) is 19.8. The number of benzene rings is 2. The second-order valence-electron chi connectivity index (χ2n) is 6.14. The Bertz CT molecular complexity index is 776. The highest BCUT2D eigenvalue weighted by atomic mass is 35.5. The van der Waals surface area contributed by atoms with Crippen molar-refractivity contribution in [3.63, 3.8) is 0 Å². The third kappa shape index (κ3) is 3.66. The van der Waals surface area contributed by atoms with Crippen LogP contribution in [0, 0.1) is 11.7 Å². The zero-order valence-electron chi connectivity index (χ0n) is 13.4. The molecule has 2 aromatic carbocycles. The van der Waals surface area contributed by atoms with Crippen LogP contribution in [0.1, 0.15) is 17.0 Å². The molecule has 1 aliphatic heterocycles. The molecule has 130 valence electrons. The Morgan fingerprint density at radius 3 is 2.48 bits per heavy atom. The molecule has 0 saturated carbocycles. The van der Waals surface area contributed by atoms with Gasteiger partial charge in [0.25, 0.3) is 0 Å². The smallest absolute Gasteiger partial charge is 0.308 e. The summed E-state index contributed by atoms with van der Waals surface area (Å²) in [5, 5.41) is 9.70. The molecule has 4 nitrogen and oxygen atoms in total. The van der Waals surface area contributed by atoms with E-state index in [1.165, 1.54) is 23.1 Å². The van der Waals surface area contributed by atoms with Crippen molar-refractivity contribution >= 4 is 23.5 Å². The molecule has 2 atom stereocenters. The van der Waals surface area contributed by atoms with Gasteiger partial charge in [-0.1, -0.05) is 48.0 Å². The van der Waals surface area contributed by atoms with Crippen molar-refractivity contribution in [3.05, 3.63) is 70.5 Å². The largest absolute Gasteiger partial charge is 0.481 e. The number of carboxylic acid groups (broad SMARTS) is 1. The lowest BCUT2D eigenvalue weighted by Gasteiger charge is -2.17. The number of halogens is 2. The fourth-order valence-corrected chi connectivity index (χ4v) is 3.49. The van der Waals surface area contributed by atoms with Crippen LogP contribution in [0.3, 0.4) is 0 Å². The summed E-state index contributed by atoms with van der Waals surface area (Å²) in [5.74, 6) is -2.75. The van der Waals surface area contributed by atoms with Gasteiger partial charge in [-0.3, -0.25) is 9.59 Å². The second-order valence-corrected chi connectivity index (χ2v) is 6.54. The Hall–Kier alpha value is -2.40. The van der Waals surface area contributed by atoms with E-state index < -0.39 is 17.7 Å². The lowest BCUT2D eigenvalue weighted by molar-refractivity contribution is -0.141. The van der Waals surface area contributed by atoms with Crippen LogP contribution in [0.4, 0.5) is 4.39 Å². The first kappa shape index (κ1) is 17.4. The van der Waals surface area contributed by atoms with Crippen molar-refractivity contribution in [3.8, 4) is 0 Å². The summed E-state index contributed by atoms with van der Waals surface area (Å²) in [6.07, 6.45) is -0.181. The zero-order chi connectivity index (χ0) is 18.0.